The van der Waals surface area contributed by atoms with Crippen LogP contribution in [-0.2, 0) is 6.42 Å². The Morgan fingerprint density at radius 2 is 1.75 bits per heavy atom. The molecule has 0 atom stereocenters. The van der Waals surface area contributed by atoms with E-state index in [2.05, 4.69) is 107 Å². The molecule has 0 N–H and O–H groups in total. The molecule has 0 bridgehead atoms. The van der Waals surface area contributed by atoms with E-state index >= 15 is 0 Å². The third-order valence-corrected chi connectivity index (χ3v) is 6.19. The van der Waals surface area contributed by atoms with Crippen LogP contribution in [0, 0.1) is 6.92 Å². The summed E-state index contributed by atoms with van der Waals surface area (Å²) in [5.41, 5.74) is 3.60. The normalized spacial score (nSPS) is 11.9. The van der Waals surface area contributed by atoms with E-state index in [9.17, 15) is 0 Å². The van der Waals surface area contributed by atoms with Gasteiger partial charge in [0, 0.05) is 15.1 Å². The summed E-state index contributed by atoms with van der Waals surface area (Å²) in [5.74, 6) is 1.00. The molecule has 0 spiro atoms. The van der Waals surface area contributed by atoms with Gasteiger partial charge in [-0.15, -0.1) is 11.8 Å². The predicted molar refractivity (Wildman–Crippen MR) is 130 cm³/mol. The van der Waals surface area contributed by atoms with Crippen molar-refractivity contribution in [3.8, 4) is 0 Å². The van der Waals surface area contributed by atoms with Gasteiger partial charge in [0.15, 0.2) is 0 Å². The molecule has 4 heteroatoms. The highest BCUT2D eigenvalue weighted by molar-refractivity contribution is 9.10. The van der Waals surface area contributed by atoms with Crippen LogP contribution in [0.2, 0.25) is 0 Å². The zero-order chi connectivity index (χ0) is 19.6. The summed E-state index contributed by atoms with van der Waals surface area (Å²) in [6.45, 7) is 2.09. The van der Waals surface area contributed by atoms with Crippen LogP contribution in [0.1, 0.15) is 11.1 Å². The van der Waals surface area contributed by atoms with Gasteiger partial charge in [-0.1, -0.05) is 81.8 Å². The molecule has 3 aromatic carbocycles. The van der Waals surface area contributed by atoms with Crippen LogP contribution in [0.5, 0.6) is 0 Å². The van der Waals surface area contributed by atoms with Crippen LogP contribution >= 0.6 is 39.5 Å². The number of rotatable bonds is 7. The highest BCUT2D eigenvalue weighted by Gasteiger charge is 2.00. The maximum absolute atomic E-state index is 4.85. The van der Waals surface area contributed by atoms with Gasteiger partial charge in [-0.05, 0) is 60.7 Å². The number of aryl methyl sites for hydroxylation is 2. The molecule has 3 rings (SSSR count). The second-order valence-electron chi connectivity index (χ2n) is 6.25. The first-order valence-electron chi connectivity index (χ1n) is 9.10. The highest BCUT2D eigenvalue weighted by Crippen LogP contribution is 2.24. The van der Waals surface area contributed by atoms with Crippen LogP contribution in [-0.4, -0.2) is 10.8 Å². The topological polar surface area (TPSA) is 12.4 Å². The lowest BCUT2D eigenvalue weighted by atomic mass is 10.2. The van der Waals surface area contributed by atoms with Gasteiger partial charge in [0.05, 0.1) is 10.7 Å². The predicted octanol–water partition coefficient (Wildman–Crippen LogP) is 8.07. The van der Waals surface area contributed by atoms with Crippen molar-refractivity contribution in [1.82, 2.24) is 0 Å². The van der Waals surface area contributed by atoms with E-state index < -0.39 is 0 Å². The molecule has 0 saturated carbocycles. The van der Waals surface area contributed by atoms with Crippen molar-refractivity contribution in [1.29, 1.82) is 0 Å². The molecule has 0 amide bonds. The zero-order valence-electron chi connectivity index (χ0n) is 15.7. The van der Waals surface area contributed by atoms with Crippen molar-refractivity contribution in [2.24, 2.45) is 4.99 Å². The fourth-order valence-electron chi connectivity index (χ4n) is 2.49. The fraction of sp³-hybridized carbons (Fsp3) is 0.125. The summed E-state index contributed by atoms with van der Waals surface area (Å²) in [4.78, 5) is 6.05. The van der Waals surface area contributed by atoms with Gasteiger partial charge >= 0.3 is 0 Å². The molecule has 142 valence electrons. The Hall–Kier alpha value is -1.75. The molecule has 0 radical (unpaired) electrons. The zero-order valence-corrected chi connectivity index (χ0v) is 18.9. The molecule has 0 aliphatic carbocycles. The number of hydrogen-bond donors (Lipinski definition) is 0. The number of hydrogen-bond acceptors (Lipinski definition) is 3. The second kappa shape index (κ2) is 11.3. The second-order valence-corrected chi connectivity index (χ2v) is 9.26. The van der Waals surface area contributed by atoms with Gasteiger partial charge in [0.1, 0.15) is 0 Å². The number of thioether (sulfide) groups is 2. The van der Waals surface area contributed by atoms with Gasteiger partial charge in [0.25, 0.3) is 0 Å². The minimum absolute atomic E-state index is 0.991. The minimum atomic E-state index is 0.991. The summed E-state index contributed by atoms with van der Waals surface area (Å²) < 4.78 is 1.09. The van der Waals surface area contributed by atoms with Crippen LogP contribution in [0.3, 0.4) is 0 Å². The first kappa shape index (κ1) is 21.0. The Bertz CT molecular complexity index is 934. The summed E-state index contributed by atoms with van der Waals surface area (Å²) in [6, 6.07) is 27.3. The average molecular weight is 468 g/mol. The van der Waals surface area contributed by atoms with Gasteiger partial charge in [-0.3, -0.25) is 0 Å². The summed E-state index contributed by atoms with van der Waals surface area (Å²) >= 11 is 7.02. The minimum Gasteiger partial charge on any atom is -0.242 e. The Morgan fingerprint density at radius 3 is 2.50 bits per heavy atom. The molecule has 0 aliphatic rings. The molecule has 0 unspecified atom stereocenters. The lowest BCUT2D eigenvalue weighted by Crippen LogP contribution is -1.93. The molecule has 0 heterocycles. The van der Waals surface area contributed by atoms with E-state index in [0.717, 1.165) is 27.4 Å². The molecule has 0 aromatic heterocycles. The third-order valence-electron chi connectivity index (χ3n) is 3.97. The third kappa shape index (κ3) is 7.34. The largest absolute Gasteiger partial charge is 0.242 e. The average Bonchev–Trinajstić information content (AvgIpc) is 2.70. The Kier molecular flexibility index (Phi) is 8.46. The summed E-state index contributed by atoms with van der Waals surface area (Å²) in [7, 11) is 0. The Balaban J connectivity index is 1.68. The first-order chi connectivity index (χ1) is 13.7. The Labute approximate surface area is 184 Å². The van der Waals surface area contributed by atoms with Crippen molar-refractivity contribution in [3.63, 3.8) is 0 Å². The van der Waals surface area contributed by atoms with Gasteiger partial charge < -0.3 is 0 Å². The van der Waals surface area contributed by atoms with Gasteiger partial charge in [0.2, 0.25) is 0 Å². The van der Waals surface area contributed by atoms with Crippen LogP contribution in [0.15, 0.2) is 105 Å². The number of benzene rings is 3. The van der Waals surface area contributed by atoms with Crippen molar-refractivity contribution in [2.75, 3.05) is 5.75 Å². The number of aliphatic imine (C=N–C) groups is 1. The summed E-state index contributed by atoms with van der Waals surface area (Å²) in [5, 5.41) is 3.15. The smallest absolute Gasteiger partial charge is 0.0972 e. The van der Waals surface area contributed by atoms with E-state index in [1.54, 1.807) is 23.5 Å². The summed E-state index contributed by atoms with van der Waals surface area (Å²) in [6.07, 6.45) is 3.14. The lowest BCUT2D eigenvalue weighted by molar-refractivity contribution is 1.16. The maximum Gasteiger partial charge on any atom is 0.0972 e. The Morgan fingerprint density at radius 1 is 0.964 bits per heavy atom. The number of halogens is 1. The van der Waals surface area contributed by atoms with Crippen molar-refractivity contribution >= 4 is 50.2 Å². The molecule has 0 saturated heterocycles. The molecular weight excluding hydrogens is 446 g/mol. The molecule has 0 aliphatic heterocycles. The molecule has 0 fully saturated rings. The van der Waals surface area contributed by atoms with E-state index in [1.807, 2.05) is 6.07 Å². The monoisotopic (exact) mass is 467 g/mol. The highest BCUT2D eigenvalue weighted by atomic mass is 79.9. The van der Waals surface area contributed by atoms with Crippen molar-refractivity contribution in [2.45, 2.75) is 18.2 Å². The lowest BCUT2D eigenvalue weighted by Gasteiger charge is -2.04. The number of nitrogens with zero attached hydrogens (tertiary/aromatic N) is 1. The first-order valence-corrected chi connectivity index (χ1v) is 11.8. The van der Waals surface area contributed by atoms with Gasteiger partial charge in [-0.25, -0.2) is 4.99 Å². The van der Waals surface area contributed by atoms with E-state index in [4.69, 9.17) is 4.99 Å². The maximum atomic E-state index is 4.85. The van der Waals surface area contributed by atoms with E-state index in [1.165, 1.54) is 16.0 Å². The standard InChI is InChI=1S/C24H22BrNS2/c1-19-10-12-22(13-11-19)26-24(28-16-14-20-6-3-2-4-7-20)15-17-27-23-9-5-8-21(25)18-23/h2-13,15,17-18H,14,16H2,1H3. The molecule has 1 nitrogen and oxygen atoms in total. The van der Waals surface area contributed by atoms with Gasteiger partial charge in [-0.2, -0.15) is 0 Å². The van der Waals surface area contributed by atoms with E-state index in [0.29, 0.717) is 0 Å². The van der Waals surface area contributed by atoms with Crippen LogP contribution in [0.25, 0.3) is 0 Å². The van der Waals surface area contributed by atoms with Crippen molar-refractivity contribution < 1.29 is 0 Å². The SMILES string of the molecule is Cc1ccc(N=C(C=CSc2cccc(Br)c2)SCCc2ccccc2)cc1. The van der Waals surface area contributed by atoms with Crippen LogP contribution < -0.4 is 0 Å². The fourth-order valence-corrected chi connectivity index (χ4v) is 4.72. The van der Waals surface area contributed by atoms with Crippen LogP contribution in [0.4, 0.5) is 5.69 Å². The quantitative estimate of drug-likeness (QED) is 0.197. The molecule has 28 heavy (non-hydrogen) atoms. The van der Waals surface area contributed by atoms with Crippen molar-refractivity contribution in [3.05, 3.63) is 106 Å². The molecule has 3 aromatic rings. The van der Waals surface area contributed by atoms with E-state index in [-0.39, 0.29) is 0 Å². The molecular formula is C24H22BrNS2.